The van der Waals surface area contributed by atoms with Gasteiger partial charge in [0.15, 0.2) is 0 Å². The normalized spacial score (nSPS) is 21.8. The van der Waals surface area contributed by atoms with Crippen molar-refractivity contribution in [3.8, 4) is 0 Å². The van der Waals surface area contributed by atoms with E-state index >= 15 is 0 Å². The van der Waals surface area contributed by atoms with E-state index in [1.807, 2.05) is 0 Å². The summed E-state index contributed by atoms with van der Waals surface area (Å²) in [5.74, 6) is 0. The highest BCUT2D eigenvalue weighted by Gasteiger charge is 2.32. The minimum Gasteiger partial charge on any atom is -0.310 e. The first-order chi connectivity index (χ1) is 8.41. The van der Waals surface area contributed by atoms with Gasteiger partial charge in [0.2, 0.25) is 0 Å². The number of hydrogen-bond donors (Lipinski definition) is 1. The Balaban J connectivity index is 2.44. The topological polar surface area (TPSA) is 24.5 Å². The van der Waals surface area contributed by atoms with Gasteiger partial charge in [-0.05, 0) is 32.4 Å². The van der Waals surface area contributed by atoms with E-state index in [-0.39, 0.29) is 12.1 Å². The Kier molecular flexibility index (Phi) is 5.88. The predicted molar refractivity (Wildman–Crippen MR) is 64.4 cm³/mol. The summed E-state index contributed by atoms with van der Waals surface area (Å²) in [6.07, 6.45) is -1.58. The molecule has 1 N–H and O–H groups in total. The SMILES string of the molecule is CCC1(CC)CN(CCOC(F)(F)F)CCCN1. The van der Waals surface area contributed by atoms with Crippen LogP contribution in [0.5, 0.6) is 0 Å². The second-order valence-electron chi connectivity index (χ2n) is 4.84. The second kappa shape index (κ2) is 6.73. The van der Waals surface area contributed by atoms with Gasteiger partial charge >= 0.3 is 6.36 Å². The highest BCUT2D eigenvalue weighted by atomic mass is 19.4. The molecule has 0 radical (unpaired) electrons. The van der Waals surface area contributed by atoms with Crippen molar-refractivity contribution in [3.63, 3.8) is 0 Å². The van der Waals surface area contributed by atoms with Gasteiger partial charge < -0.3 is 5.32 Å². The molecule has 0 amide bonds. The maximum absolute atomic E-state index is 11.9. The van der Waals surface area contributed by atoms with Crippen molar-refractivity contribution in [2.75, 3.05) is 32.8 Å². The van der Waals surface area contributed by atoms with E-state index in [2.05, 4.69) is 28.8 Å². The molecule has 0 aromatic rings. The monoisotopic (exact) mass is 268 g/mol. The number of hydrogen-bond acceptors (Lipinski definition) is 3. The summed E-state index contributed by atoms with van der Waals surface area (Å²) in [5, 5.41) is 3.53. The third kappa shape index (κ3) is 5.12. The van der Waals surface area contributed by atoms with Gasteiger partial charge in [0.1, 0.15) is 0 Å². The van der Waals surface area contributed by atoms with Crippen molar-refractivity contribution in [2.24, 2.45) is 0 Å². The van der Waals surface area contributed by atoms with Crippen LogP contribution >= 0.6 is 0 Å². The van der Waals surface area contributed by atoms with Gasteiger partial charge in [0.25, 0.3) is 0 Å². The van der Waals surface area contributed by atoms with Crippen LogP contribution in [0.4, 0.5) is 13.2 Å². The molecule has 1 saturated heterocycles. The van der Waals surface area contributed by atoms with Gasteiger partial charge in [-0.1, -0.05) is 13.8 Å². The molecule has 3 nitrogen and oxygen atoms in total. The van der Waals surface area contributed by atoms with Crippen LogP contribution in [0, 0.1) is 0 Å². The van der Waals surface area contributed by atoms with E-state index in [1.54, 1.807) is 0 Å². The fourth-order valence-corrected chi connectivity index (χ4v) is 2.42. The molecule has 0 saturated carbocycles. The van der Waals surface area contributed by atoms with E-state index in [4.69, 9.17) is 0 Å². The van der Waals surface area contributed by atoms with Crippen molar-refractivity contribution < 1.29 is 17.9 Å². The van der Waals surface area contributed by atoms with E-state index in [9.17, 15) is 13.2 Å². The number of nitrogens with zero attached hydrogens (tertiary/aromatic N) is 1. The molecule has 0 aliphatic carbocycles. The Bertz CT molecular complexity index is 242. The number of halogens is 3. The third-order valence-electron chi connectivity index (χ3n) is 3.70. The zero-order chi connectivity index (χ0) is 13.6. The standard InChI is InChI=1S/C12H23F3N2O/c1-3-11(4-2)10-17(7-5-6-16-11)8-9-18-12(13,14)15/h16H,3-10H2,1-2H3. The van der Waals surface area contributed by atoms with E-state index < -0.39 is 6.36 Å². The fraction of sp³-hybridized carbons (Fsp3) is 1.00. The molecule has 0 spiro atoms. The summed E-state index contributed by atoms with van der Waals surface area (Å²) < 4.78 is 39.6. The Morgan fingerprint density at radius 2 is 1.94 bits per heavy atom. The van der Waals surface area contributed by atoms with Crippen molar-refractivity contribution >= 4 is 0 Å². The summed E-state index contributed by atoms with van der Waals surface area (Å²) in [6.45, 7) is 6.84. The molecule has 1 heterocycles. The van der Waals surface area contributed by atoms with Gasteiger partial charge in [-0.2, -0.15) is 0 Å². The molecule has 108 valence electrons. The molecule has 0 bridgehead atoms. The molecule has 1 rings (SSSR count). The lowest BCUT2D eigenvalue weighted by atomic mass is 9.92. The largest absolute Gasteiger partial charge is 0.522 e. The molecule has 18 heavy (non-hydrogen) atoms. The molecular formula is C12H23F3N2O. The summed E-state index contributed by atoms with van der Waals surface area (Å²) in [5.41, 5.74) is 0.0364. The number of alkyl halides is 3. The summed E-state index contributed by atoms with van der Waals surface area (Å²) in [6, 6.07) is 0. The number of rotatable bonds is 5. The molecule has 0 aromatic heterocycles. The van der Waals surface area contributed by atoms with Gasteiger partial charge in [-0.25, -0.2) is 0 Å². The highest BCUT2D eigenvalue weighted by molar-refractivity contribution is 4.90. The van der Waals surface area contributed by atoms with Gasteiger partial charge in [0, 0.05) is 18.6 Å². The summed E-state index contributed by atoms with van der Waals surface area (Å²) >= 11 is 0. The molecular weight excluding hydrogens is 245 g/mol. The van der Waals surface area contributed by atoms with E-state index in [0.717, 1.165) is 38.9 Å². The zero-order valence-electron chi connectivity index (χ0n) is 11.1. The quantitative estimate of drug-likeness (QED) is 0.828. The number of nitrogens with one attached hydrogen (secondary N) is 1. The predicted octanol–water partition coefficient (Wildman–Crippen LogP) is 2.38. The first-order valence-electron chi connectivity index (χ1n) is 6.59. The van der Waals surface area contributed by atoms with Gasteiger partial charge in [-0.15, -0.1) is 13.2 Å². The van der Waals surface area contributed by atoms with Crippen LogP contribution in [0.2, 0.25) is 0 Å². The van der Waals surface area contributed by atoms with E-state index in [1.165, 1.54) is 0 Å². The average Bonchev–Trinajstić information content (AvgIpc) is 2.50. The molecule has 0 unspecified atom stereocenters. The molecule has 1 aliphatic rings. The second-order valence-corrected chi connectivity index (χ2v) is 4.84. The maximum Gasteiger partial charge on any atom is 0.522 e. The fourth-order valence-electron chi connectivity index (χ4n) is 2.42. The molecule has 1 aliphatic heterocycles. The summed E-state index contributed by atoms with van der Waals surface area (Å²) in [4.78, 5) is 2.07. The maximum atomic E-state index is 11.9. The van der Waals surface area contributed by atoms with Gasteiger partial charge in [0.05, 0.1) is 6.61 Å². The van der Waals surface area contributed by atoms with E-state index in [0.29, 0.717) is 6.54 Å². The van der Waals surface area contributed by atoms with Crippen LogP contribution in [0.3, 0.4) is 0 Å². The van der Waals surface area contributed by atoms with Gasteiger partial charge in [-0.3, -0.25) is 9.64 Å². The van der Waals surface area contributed by atoms with Crippen LogP contribution in [0.1, 0.15) is 33.1 Å². The van der Waals surface area contributed by atoms with Crippen LogP contribution in [0.25, 0.3) is 0 Å². The minimum absolute atomic E-state index is 0.0364. The third-order valence-corrected chi connectivity index (χ3v) is 3.70. The first-order valence-corrected chi connectivity index (χ1v) is 6.59. The first kappa shape index (κ1) is 15.7. The lowest BCUT2D eigenvalue weighted by Gasteiger charge is -2.35. The molecule has 0 aromatic carbocycles. The van der Waals surface area contributed by atoms with Crippen LogP contribution in [-0.2, 0) is 4.74 Å². The Morgan fingerprint density at radius 3 is 2.50 bits per heavy atom. The van der Waals surface area contributed by atoms with Crippen molar-refractivity contribution in [3.05, 3.63) is 0 Å². The average molecular weight is 268 g/mol. The van der Waals surface area contributed by atoms with Crippen molar-refractivity contribution in [1.29, 1.82) is 0 Å². The Labute approximate surface area is 107 Å². The van der Waals surface area contributed by atoms with Crippen LogP contribution in [-0.4, -0.2) is 49.6 Å². The van der Waals surface area contributed by atoms with Crippen molar-refractivity contribution in [1.82, 2.24) is 10.2 Å². The Hall–Kier alpha value is -0.330. The van der Waals surface area contributed by atoms with Crippen LogP contribution in [0.15, 0.2) is 0 Å². The molecule has 0 atom stereocenters. The smallest absolute Gasteiger partial charge is 0.310 e. The van der Waals surface area contributed by atoms with Crippen molar-refractivity contribution in [2.45, 2.75) is 45.0 Å². The van der Waals surface area contributed by atoms with Crippen LogP contribution < -0.4 is 5.32 Å². The minimum atomic E-state index is -4.52. The highest BCUT2D eigenvalue weighted by Crippen LogP contribution is 2.20. The lowest BCUT2D eigenvalue weighted by Crippen LogP contribution is -2.51. The summed E-state index contributed by atoms with van der Waals surface area (Å²) in [7, 11) is 0. The lowest BCUT2D eigenvalue weighted by molar-refractivity contribution is -0.325. The number of ether oxygens (including phenoxy) is 1. The molecule has 1 fully saturated rings. The molecule has 6 heteroatoms. The Morgan fingerprint density at radius 1 is 1.28 bits per heavy atom. The zero-order valence-corrected chi connectivity index (χ0v) is 11.1.